The first-order valence-corrected chi connectivity index (χ1v) is 7.98. The van der Waals surface area contributed by atoms with Crippen LogP contribution in [0.2, 0.25) is 0 Å². The van der Waals surface area contributed by atoms with Gasteiger partial charge in [-0.1, -0.05) is 6.92 Å². The smallest absolute Gasteiger partial charge is 0.472 e. The summed E-state index contributed by atoms with van der Waals surface area (Å²) in [6, 6.07) is -1.62. The largest absolute Gasteiger partial charge is 0.548 e. The third-order valence-corrected chi connectivity index (χ3v) is 3.15. The zero-order valence-electron chi connectivity index (χ0n) is 12.6. The summed E-state index contributed by atoms with van der Waals surface area (Å²) in [6.45, 7) is 0.813. The zero-order chi connectivity index (χ0) is 18.0. The van der Waals surface area contributed by atoms with Gasteiger partial charge in [-0.05, 0) is 0 Å². The molecular formula is C11H19NO10P-. The van der Waals surface area contributed by atoms with Crippen LogP contribution in [0.3, 0.4) is 0 Å². The van der Waals surface area contributed by atoms with Crippen molar-refractivity contribution in [1.29, 1.82) is 0 Å². The Kier molecular flexibility index (Phi) is 9.61. The van der Waals surface area contributed by atoms with E-state index in [1.165, 1.54) is 0 Å². The molecule has 134 valence electrons. The number of phosphoric ester groups is 1. The average molecular weight is 356 g/mol. The van der Waals surface area contributed by atoms with E-state index in [0.29, 0.717) is 0 Å². The van der Waals surface area contributed by atoms with Crippen LogP contribution in [0, 0.1) is 0 Å². The van der Waals surface area contributed by atoms with Crippen LogP contribution in [0.5, 0.6) is 0 Å². The lowest BCUT2D eigenvalue weighted by Crippen LogP contribution is -2.44. The number of carbonyl (C=O) groups excluding carboxylic acids is 3. The number of phosphoric acid groups is 1. The van der Waals surface area contributed by atoms with Crippen molar-refractivity contribution in [3.63, 3.8) is 0 Å². The lowest BCUT2D eigenvalue weighted by Gasteiger charge is -2.20. The topological polar surface area (TPSA) is 175 Å². The predicted octanol–water partition coefficient (Wildman–Crippen LogP) is -1.92. The summed E-state index contributed by atoms with van der Waals surface area (Å²) in [7, 11) is -4.64. The fourth-order valence-electron chi connectivity index (χ4n) is 1.10. The molecule has 0 saturated heterocycles. The Morgan fingerprint density at radius 1 is 1.22 bits per heavy atom. The molecule has 3 N–H and O–H groups in total. The van der Waals surface area contributed by atoms with E-state index >= 15 is 0 Å². The van der Waals surface area contributed by atoms with Gasteiger partial charge in [-0.2, -0.15) is 0 Å². The van der Waals surface area contributed by atoms with Crippen LogP contribution in [-0.4, -0.2) is 54.8 Å². The highest BCUT2D eigenvalue weighted by Crippen LogP contribution is 2.43. The van der Waals surface area contributed by atoms with Crippen LogP contribution in [0.25, 0.3) is 0 Å². The second-order valence-electron chi connectivity index (χ2n) is 4.25. The molecule has 0 amide bonds. The van der Waals surface area contributed by atoms with Gasteiger partial charge in [0.25, 0.3) is 0 Å². The van der Waals surface area contributed by atoms with Crippen molar-refractivity contribution in [3.05, 3.63) is 0 Å². The summed E-state index contributed by atoms with van der Waals surface area (Å²) >= 11 is 0. The lowest BCUT2D eigenvalue weighted by atomic mass is 10.3. The Morgan fingerprint density at radius 3 is 2.26 bits per heavy atom. The fraction of sp³-hybridized carbons (Fsp3) is 0.727. The molecule has 0 rings (SSSR count). The second-order valence-corrected chi connectivity index (χ2v) is 5.71. The number of carboxylic acids is 1. The normalized spacial score (nSPS) is 16.0. The van der Waals surface area contributed by atoms with Gasteiger partial charge < -0.3 is 30.0 Å². The van der Waals surface area contributed by atoms with Crippen LogP contribution in [0.1, 0.15) is 20.3 Å². The van der Waals surface area contributed by atoms with Crippen LogP contribution >= 0.6 is 7.82 Å². The lowest BCUT2D eigenvalue weighted by molar-refractivity contribution is -0.308. The van der Waals surface area contributed by atoms with Gasteiger partial charge in [-0.15, -0.1) is 0 Å². The number of nitrogens with two attached hydrogens (primary N) is 1. The molecule has 12 heteroatoms. The number of carboxylic acid groups (broad SMARTS) is 1. The van der Waals surface area contributed by atoms with Gasteiger partial charge in [0.1, 0.15) is 6.61 Å². The Hall–Kier alpha value is -1.52. The number of carbonyl (C=O) groups is 3. The molecule has 0 aromatic carbocycles. The molecule has 3 unspecified atom stereocenters. The Balaban J connectivity index is 4.44. The minimum atomic E-state index is -4.64. The fourth-order valence-corrected chi connectivity index (χ4v) is 1.87. The molecular weight excluding hydrogens is 337 g/mol. The van der Waals surface area contributed by atoms with E-state index in [0.717, 1.165) is 6.92 Å². The maximum absolute atomic E-state index is 11.5. The molecule has 23 heavy (non-hydrogen) atoms. The van der Waals surface area contributed by atoms with Crippen molar-refractivity contribution in [1.82, 2.24) is 0 Å². The van der Waals surface area contributed by atoms with E-state index in [4.69, 9.17) is 15.2 Å². The molecule has 0 aliphatic rings. The van der Waals surface area contributed by atoms with Crippen molar-refractivity contribution in [2.75, 3.05) is 19.8 Å². The van der Waals surface area contributed by atoms with Crippen LogP contribution in [0.15, 0.2) is 0 Å². The van der Waals surface area contributed by atoms with Crippen molar-refractivity contribution in [3.8, 4) is 0 Å². The summed E-state index contributed by atoms with van der Waals surface area (Å²) in [5.74, 6) is -2.96. The van der Waals surface area contributed by atoms with E-state index in [-0.39, 0.29) is 13.0 Å². The van der Waals surface area contributed by atoms with Gasteiger partial charge in [-0.25, -0.2) is 4.57 Å². The summed E-state index contributed by atoms with van der Waals surface area (Å²) in [5, 5.41) is 10.3. The number of hydrogen-bond acceptors (Lipinski definition) is 10. The Bertz CT molecular complexity index is 468. The molecule has 0 aliphatic carbocycles. The maximum atomic E-state index is 11.5. The van der Waals surface area contributed by atoms with Crippen LogP contribution in [-0.2, 0) is 37.5 Å². The molecule has 0 radical (unpaired) electrons. The SMILES string of the molecule is CCC(=O)OCC(COP(=O)(O)OCC(N)C(=O)[O-])OC(C)=O. The minimum absolute atomic E-state index is 0.0936. The van der Waals surface area contributed by atoms with Gasteiger partial charge in [0.2, 0.25) is 0 Å². The Morgan fingerprint density at radius 2 is 1.78 bits per heavy atom. The molecule has 0 fully saturated rings. The number of ether oxygens (including phenoxy) is 2. The van der Waals surface area contributed by atoms with Gasteiger partial charge in [0, 0.05) is 13.3 Å². The van der Waals surface area contributed by atoms with Crippen LogP contribution in [0.4, 0.5) is 0 Å². The molecule has 0 heterocycles. The van der Waals surface area contributed by atoms with Crippen molar-refractivity contribution < 1.29 is 47.5 Å². The first-order chi connectivity index (χ1) is 10.6. The monoisotopic (exact) mass is 356 g/mol. The average Bonchev–Trinajstić information content (AvgIpc) is 2.46. The quantitative estimate of drug-likeness (QED) is 0.312. The molecule has 0 spiro atoms. The number of aliphatic carboxylic acids is 1. The third-order valence-electron chi connectivity index (χ3n) is 2.20. The number of hydrogen-bond donors (Lipinski definition) is 2. The maximum Gasteiger partial charge on any atom is 0.472 e. The van der Waals surface area contributed by atoms with Gasteiger partial charge >= 0.3 is 19.8 Å². The minimum Gasteiger partial charge on any atom is -0.548 e. The summed E-state index contributed by atoms with van der Waals surface area (Å²) in [6.07, 6.45) is -1.04. The van der Waals surface area contributed by atoms with E-state index in [9.17, 15) is 28.9 Å². The molecule has 0 aromatic rings. The summed E-state index contributed by atoms with van der Waals surface area (Å²) in [4.78, 5) is 41.6. The molecule has 0 saturated carbocycles. The van der Waals surface area contributed by atoms with Gasteiger partial charge in [-0.3, -0.25) is 18.6 Å². The zero-order valence-corrected chi connectivity index (χ0v) is 13.5. The first kappa shape index (κ1) is 21.5. The van der Waals surface area contributed by atoms with Crippen molar-refractivity contribution in [2.24, 2.45) is 5.73 Å². The highest BCUT2D eigenvalue weighted by Gasteiger charge is 2.26. The van der Waals surface area contributed by atoms with Gasteiger partial charge in [0.05, 0.1) is 25.2 Å². The third kappa shape index (κ3) is 10.8. The van der Waals surface area contributed by atoms with Crippen molar-refractivity contribution >= 4 is 25.7 Å². The summed E-state index contributed by atoms with van der Waals surface area (Å²) in [5.41, 5.74) is 5.04. The van der Waals surface area contributed by atoms with Crippen molar-refractivity contribution in [2.45, 2.75) is 32.4 Å². The van der Waals surface area contributed by atoms with E-state index in [1.54, 1.807) is 6.92 Å². The molecule has 0 aromatic heterocycles. The number of esters is 2. The first-order valence-electron chi connectivity index (χ1n) is 6.48. The molecule has 11 nitrogen and oxygen atoms in total. The Labute approximate surface area is 132 Å². The van der Waals surface area contributed by atoms with E-state index in [2.05, 4.69) is 9.05 Å². The highest BCUT2D eigenvalue weighted by molar-refractivity contribution is 7.47. The standard InChI is InChI=1S/C11H20NO10P/c1-3-10(14)19-4-8(22-7(2)13)5-20-23(17,18)21-6-9(12)11(15)16/h8-9H,3-6,12H2,1-2H3,(H,15,16)(H,17,18)/p-1. The van der Waals surface area contributed by atoms with Crippen LogP contribution < -0.4 is 10.8 Å². The highest BCUT2D eigenvalue weighted by atomic mass is 31.2. The molecule has 0 bridgehead atoms. The van der Waals surface area contributed by atoms with Gasteiger partial charge in [0.15, 0.2) is 6.10 Å². The molecule has 3 atom stereocenters. The molecule has 0 aliphatic heterocycles. The predicted molar refractivity (Wildman–Crippen MR) is 71.5 cm³/mol. The van der Waals surface area contributed by atoms with E-state index < -0.39 is 51.1 Å². The second kappa shape index (κ2) is 10.3. The number of rotatable bonds is 11. The summed E-state index contributed by atoms with van der Waals surface area (Å²) < 4.78 is 29.9. The van der Waals surface area contributed by atoms with E-state index in [1.807, 2.05) is 0 Å².